The van der Waals surface area contributed by atoms with Gasteiger partial charge in [0.2, 0.25) is 0 Å². The van der Waals surface area contributed by atoms with E-state index in [4.69, 9.17) is 5.73 Å². The fraction of sp³-hybridized carbons (Fsp3) is 1.00. The number of nitrogens with zero attached hydrogens (tertiary/aromatic N) is 1. The fourth-order valence-corrected chi connectivity index (χ4v) is 3.94. The SMILES string of the molecule is CCCC1CCCCN1C1CCCC(N)(CO)C1. The van der Waals surface area contributed by atoms with Gasteiger partial charge >= 0.3 is 0 Å². The van der Waals surface area contributed by atoms with Crippen molar-refractivity contribution >= 4 is 0 Å². The molecule has 3 nitrogen and oxygen atoms in total. The first-order chi connectivity index (χ1) is 8.68. The van der Waals surface area contributed by atoms with E-state index in [0.717, 1.165) is 18.9 Å². The van der Waals surface area contributed by atoms with Crippen LogP contribution in [-0.4, -0.2) is 40.8 Å². The molecule has 0 amide bonds. The molecule has 0 aromatic heterocycles. The van der Waals surface area contributed by atoms with Gasteiger partial charge in [-0.1, -0.05) is 19.8 Å². The van der Waals surface area contributed by atoms with Crippen LogP contribution in [0.4, 0.5) is 0 Å². The van der Waals surface area contributed by atoms with E-state index in [2.05, 4.69) is 11.8 Å². The van der Waals surface area contributed by atoms with Gasteiger partial charge in [0, 0.05) is 17.6 Å². The summed E-state index contributed by atoms with van der Waals surface area (Å²) in [4.78, 5) is 2.73. The summed E-state index contributed by atoms with van der Waals surface area (Å²) in [6.45, 7) is 3.68. The Morgan fingerprint density at radius 1 is 1.28 bits per heavy atom. The highest BCUT2D eigenvalue weighted by Crippen LogP contribution is 2.33. The van der Waals surface area contributed by atoms with Crippen LogP contribution < -0.4 is 5.73 Å². The summed E-state index contributed by atoms with van der Waals surface area (Å²) in [6.07, 6.45) is 11.1. The smallest absolute Gasteiger partial charge is 0.0611 e. The molecule has 0 aromatic rings. The van der Waals surface area contributed by atoms with Crippen LogP contribution in [0.1, 0.15) is 64.7 Å². The minimum atomic E-state index is -0.308. The van der Waals surface area contributed by atoms with Gasteiger partial charge in [-0.3, -0.25) is 4.90 Å². The third kappa shape index (κ3) is 3.25. The summed E-state index contributed by atoms with van der Waals surface area (Å²) in [7, 11) is 0. The first-order valence-electron chi connectivity index (χ1n) is 7.84. The summed E-state index contributed by atoms with van der Waals surface area (Å²) in [5.41, 5.74) is 5.99. The van der Waals surface area contributed by atoms with Gasteiger partial charge in [-0.2, -0.15) is 0 Å². The Kier molecular flexibility index (Phi) is 5.05. The van der Waals surface area contributed by atoms with Gasteiger partial charge in [0.05, 0.1) is 6.61 Å². The van der Waals surface area contributed by atoms with Gasteiger partial charge in [0.1, 0.15) is 0 Å². The molecule has 3 N–H and O–H groups in total. The summed E-state index contributed by atoms with van der Waals surface area (Å²) in [5, 5.41) is 9.49. The first-order valence-corrected chi connectivity index (χ1v) is 7.84. The van der Waals surface area contributed by atoms with Gasteiger partial charge in [-0.25, -0.2) is 0 Å². The molecular formula is C15H30N2O. The zero-order valence-corrected chi connectivity index (χ0v) is 11.9. The summed E-state index contributed by atoms with van der Waals surface area (Å²) in [6, 6.07) is 1.39. The number of nitrogens with two attached hydrogens (primary N) is 1. The molecule has 0 spiro atoms. The minimum absolute atomic E-state index is 0.149. The van der Waals surface area contributed by atoms with Crippen molar-refractivity contribution in [1.29, 1.82) is 0 Å². The number of aliphatic hydroxyl groups is 1. The van der Waals surface area contributed by atoms with Crippen molar-refractivity contribution in [3.63, 3.8) is 0 Å². The van der Waals surface area contributed by atoms with Crippen molar-refractivity contribution in [2.75, 3.05) is 13.2 Å². The number of hydrogen-bond acceptors (Lipinski definition) is 3. The molecule has 3 atom stereocenters. The third-order valence-corrected chi connectivity index (χ3v) is 4.93. The number of likely N-dealkylation sites (tertiary alicyclic amines) is 1. The lowest BCUT2D eigenvalue weighted by molar-refractivity contribution is 0.0329. The van der Waals surface area contributed by atoms with Gasteiger partial charge in [0.25, 0.3) is 0 Å². The van der Waals surface area contributed by atoms with Gasteiger partial charge < -0.3 is 10.8 Å². The van der Waals surface area contributed by atoms with Gasteiger partial charge in [-0.15, -0.1) is 0 Å². The molecule has 1 aliphatic carbocycles. The van der Waals surface area contributed by atoms with Crippen LogP contribution in [0.3, 0.4) is 0 Å². The molecule has 2 rings (SSSR count). The number of aliphatic hydroxyl groups excluding tert-OH is 1. The molecule has 2 fully saturated rings. The Hall–Kier alpha value is -0.120. The maximum Gasteiger partial charge on any atom is 0.0611 e. The van der Waals surface area contributed by atoms with Crippen LogP contribution in [-0.2, 0) is 0 Å². The Bertz CT molecular complexity index is 257. The van der Waals surface area contributed by atoms with E-state index in [1.165, 1.54) is 51.5 Å². The molecule has 3 heteroatoms. The lowest BCUT2D eigenvalue weighted by Crippen LogP contribution is -2.56. The highest BCUT2D eigenvalue weighted by molar-refractivity contribution is 4.95. The third-order valence-electron chi connectivity index (χ3n) is 4.93. The Morgan fingerprint density at radius 2 is 2.11 bits per heavy atom. The average molecular weight is 254 g/mol. The molecule has 1 saturated carbocycles. The molecule has 1 heterocycles. The quantitative estimate of drug-likeness (QED) is 0.809. The molecule has 106 valence electrons. The molecule has 0 radical (unpaired) electrons. The lowest BCUT2D eigenvalue weighted by atomic mass is 9.78. The van der Waals surface area contributed by atoms with Gasteiger partial charge in [-0.05, 0) is 51.5 Å². The van der Waals surface area contributed by atoms with Crippen LogP contribution in [0.5, 0.6) is 0 Å². The Morgan fingerprint density at radius 3 is 2.83 bits per heavy atom. The topological polar surface area (TPSA) is 49.5 Å². The fourth-order valence-electron chi connectivity index (χ4n) is 3.94. The van der Waals surface area contributed by atoms with E-state index in [-0.39, 0.29) is 12.1 Å². The predicted octanol–water partition coefficient (Wildman–Crippen LogP) is 2.27. The zero-order chi connectivity index (χ0) is 13.0. The van der Waals surface area contributed by atoms with Crippen LogP contribution in [0.25, 0.3) is 0 Å². The minimum Gasteiger partial charge on any atom is -0.394 e. The molecule has 0 aromatic carbocycles. The highest BCUT2D eigenvalue weighted by atomic mass is 16.3. The van der Waals surface area contributed by atoms with Crippen molar-refractivity contribution in [2.24, 2.45) is 5.73 Å². The number of piperidine rings is 1. The standard InChI is InChI=1S/C15H30N2O/c1-2-6-13-7-3-4-10-17(13)14-8-5-9-15(16,11-14)12-18/h13-14,18H,2-12,16H2,1H3. The Balaban J connectivity index is 1.99. The second kappa shape index (κ2) is 6.36. The second-order valence-electron chi connectivity index (χ2n) is 6.45. The maximum absolute atomic E-state index is 9.49. The van der Waals surface area contributed by atoms with Crippen molar-refractivity contribution < 1.29 is 5.11 Å². The van der Waals surface area contributed by atoms with Crippen molar-refractivity contribution in [2.45, 2.75) is 82.3 Å². The summed E-state index contributed by atoms with van der Waals surface area (Å²) in [5.74, 6) is 0. The number of hydrogen-bond donors (Lipinski definition) is 2. The largest absolute Gasteiger partial charge is 0.394 e. The summed E-state index contributed by atoms with van der Waals surface area (Å²) < 4.78 is 0. The van der Waals surface area contributed by atoms with E-state index in [9.17, 15) is 5.11 Å². The molecule has 2 aliphatic rings. The first kappa shape index (κ1) is 14.3. The van der Waals surface area contributed by atoms with E-state index < -0.39 is 0 Å². The number of rotatable bonds is 4. The average Bonchev–Trinajstić information content (AvgIpc) is 2.40. The maximum atomic E-state index is 9.49. The van der Waals surface area contributed by atoms with Crippen molar-refractivity contribution in [3.8, 4) is 0 Å². The van der Waals surface area contributed by atoms with Crippen molar-refractivity contribution in [3.05, 3.63) is 0 Å². The zero-order valence-electron chi connectivity index (χ0n) is 11.9. The van der Waals surface area contributed by atoms with Crippen molar-refractivity contribution in [1.82, 2.24) is 4.90 Å². The van der Waals surface area contributed by atoms with Crippen LogP contribution in [0.15, 0.2) is 0 Å². The Labute approximate surface area is 112 Å². The van der Waals surface area contributed by atoms with E-state index >= 15 is 0 Å². The highest BCUT2D eigenvalue weighted by Gasteiger charge is 2.37. The van der Waals surface area contributed by atoms with Crippen LogP contribution in [0, 0.1) is 0 Å². The monoisotopic (exact) mass is 254 g/mol. The van der Waals surface area contributed by atoms with E-state index in [0.29, 0.717) is 6.04 Å². The summed E-state index contributed by atoms with van der Waals surface area (Å²) >= 11 is 0. The van der Waals surface area contributed by atoms with Gasteiger partial charge in [0.15, 0.2) is 0 Å². The predicted molar refractivity (Wildman–Crippen MR) is 75.5 cm³/mol. The molecule has 3 unspecified atom stereocenters. The van der Waals surface area contributed by atoms with E-state index in [1.807, 2.05) is 0 Å². The normalized spacial score (nSPS) is 38.8. The molecule has 1 aliphatic heterocycles. The molecular weight excluding hydrogens is 224 g/mol. The molecule has 0 bridgehead atoms. The van der Waals surface area contributed by atoms with Crippen LogP contribution in [0.2, 0.25) is 0 Å². The molecule has 18 heavy (non-hydrogen) atoms. The van der Waals surface area contributed by atoms with Crippen LogP contribution >= 0.6 is 0 Å². The van der Waals surface area contributed by atoms with E-state index in [1.54, 1.807) is 0 Å². The second-order valence-corrected chi connectivity index (χ2v) is 6.45. The lowest BCUT2D eigenvalue weighted by Gasteiger charge is -2.47. The molecule has 1 saturated heterocycles.